The van der Waals surface area contributed by atoms with E-state index in [1.165, 1.54) is 0 Å². The Kier molecular flexibility index (Phi) is 4.69. The lowest BCUT2D eigenvalue weighted by atomic mass is 10.1. The maximum atomic E-state index is 11.6. The summed E-state index contributed by atoms with van der Waals surface area (Å²) < 4.78 is 0. The summed E-state index contributed by atoms with van der Waals surface area (Å²) in [5.74, 6) is -0.0435. The third-order valence-electron chi connectivity index (χ3n) is 3.02. The van der Waals surface area contributed by atoms with Crippen molar-refractivity contribution in [2.24, 2.45) is 0 Å². The molecule has 0 heterocycles. The molecule has 0 aromatic heterocycles. The Bertz CT molecular complexity index is 599. The van der Waals surface area contributed by atoms with Gasteiger partial charge in [0.05, 0.1) is 11.3 Å². The Balaban J connectivity index is 2.51. The third-order valence-corrected chi connectivity index (χ3v) is 3.96. The summed E-state index contributed by atoms with van der Waals surface area (Å²) in [6, 6.07) is 15.4. The zero-order chi connectivity index (χ0) is 14.5. The molecule has 0 atom stereocenters. The van der Waals surface area contributed by atoms with Crippen molar-refractivity contribution in [1.29, 1.82) is 0 Å². The Morgan fingerprint density at radius 1 is 1.15 bits per heavy atom. The van der Waals surface area contributed by atoms with Gasteiger partial charge in [-0.05, 0) is 30.0 Å². The van der Waals surface area contributed by atoms with Crippen LogP contribution in [-0.4, -0.2) is 23.9 Å². The Morgan fingerprint density at radius 3 is 2.45 bits per heavy atom. The molecule has 2 aromatic rings. The molecule has 0 amide bonds. The zero-order valence-electron chi connectivity index (χ0n) is 11.5. The number of benzene rings is 2. The van der Waals surface area contributed by atoms with Gasteiger partial charge in [0.1, 0.15) is 0 Å². The number of hydrogen-bond donors (Lipinski definition) is 1. The van der Waals surface area contributed by atoms with E-state index in [0.717, 1.165) is 16.3 Å². The molecule has 104 valence electrons. The highest BCUT2D eigenvalue weighted by atomic mass is 32.2. The van der Waals surface area contributed by atoms with Crippen molar-refractivity contribution in [3.05, 3.63) is 54.1 Å². The number of anilines is 2. The van der Waals surface area contributed by atoms with Crippen LogP contribution in [0.2, 0.25) is 0 Å². The van der Waals surface area contributed by atoms with Crippen molar-refractivity contribution in [2.75, 3.05) is 17.7 Å². The van der Waals surface area contributed by atoms with E-state index >= 15 is 0 Å². The molecule has 0 radical (unpaired) electrons. The average Bonchev–Trinajstić information content (AvgIpc) is 2.47. The van der Waals surface area contributed by atoms with Gasteiger partial charge >= 0.3 is 5.97 Å². The molecule has 0 unspecified atom stereocenters. The first-order valence-electron chi connectivity index (χ1n) is 6.43. The number of para-hydroxylation sites is 1. The highest BCUT2D eigenvalue weighted by molar-refractivity contribution is 7.99. The molecule has 0 bridgehead atoms. The van der Waals surface area contributed by atoms with E-state index in [-0.39, 0.29) is 0 Å². The quantitative estimate of drug-likeness (QED) is 0.834. The maximum absolute atomic E-state index is 11.6. The summed E-state index contributed by atoms with van der Waals surface area (Å²) in [7, 11) is 1.89. The van der Waals surface area contributed by atoms with Crippen LogP contribution in [0.4, 0.5) is 11.4 Å². The second-order valence-corrected chi connectivity index (χ2v) is 5.59. The molecule has 3 nitrogen and oxygen atoms in total. The van der Waals surface area contributed by atoms with Gasteiger partial charge in [0, 0.05) is 17.6 Å². The third kappa shape index (κ3) is 2.96. The van der Waals surface area contributed by atoms with Gasteiger partial charge in [-0.1, -0.05) is 31.2 Å². The lowest BCUT2D eigenvalue weighted by Crippen LogP contribution is -2.14. The maximum Gasteiger partial charge on any atom is 0.338 e. The monoisotopic (exact) mass is 287 g/mol. The van der Waals surface area contributed by atoms with Gasteiger partial charge in [0.25, 0.3) is 0 Å². The summed E-state index contributed by atoms with van der Waals surface area (Å²) in [6.45, 7) is 2.02. The Morgan fingerprint density at radius 2 is 1.85 bits per heavy atom. The topological polar surface area (TPSA) is 40.5 Å². The van der Waals surface area contributed by atoms with Crippen LogP contribution in [0.25, 0.3) is 0 Å². The second kappa shape index (κ2) is 6.48. The number of carboxylic acids is 1. The normalized spacial score (nSPS) is 10.3. The summed E-state index contributed by atoms with van der Waals surface area (Å²) in [5, 5.41) is 9.53. The smallest absolute Gasteiger partial charge is 0.338 e. The minimum absolute atomic E-state index is 0.366. The van der Waals surface area contributed by atoms with Crippen molar-refractivity contribution < 1.29 is 9.90 Å². The van der Waals surface area contributed by atoms with Crippen molar-refractivity contribution in [3.8, 4) is 0 Å². The van der Waals surface area contributed by atoms with E-state index in [1.54, 1.807) is 11.8 Å². The molecule has 2 aromatic carbocycles. The lowest BCUT2D eigenvalue weighted by Gasteiger charge is -2.22. The fraction of sp³-hybridized carbons (Fsp3) is 0.188. The minimum Gasteiger partial charge on any atom is -0.478 e. The molecule has 20 heavy (non-hydrogen) atoms. The van der Waals surface area contributed by atoms with Crippen molar-refractivity contribution in [2.45, 2.75) is 11.8 Å². The van der Waals surface area contributed by atoms with Gasteiger partial charge in [-0.15, -0.1) is 11.8 Å². The predicted molar refractivity (Wildman–Crippen MR) is 84.3 cm³/mol. The van der Waals surface area contributed by atoms with E-state index in [9.17, 15) is 9.90 Å². The van der Waals surface area contributed by atoms with Crippen LogP contribution >= 0.6 is 11.8 Å². The van der Waals surface area contributed by atoms with E-state index in [4.69, 9.17) is 0 Å². The van der Waals surface area contributed by atoms with Crippen LogP contribution in [0, 0.1) is 0 Å². The first kappa shape index (κ1) is 14.5. The second-order valence-electron chi connectivity index (χ2n) is 4.28. The van der Waals surface area contributed by atoms with Gasteiger partial charge in [-0.25, -0.2) is 4.79 Å². The Labute approximate surface area is 123 Å². The van der Waals surface area contributed by atoms with Crippen LogP contribution in [0.15, 0.2) is 53.4 Å². The van der Waals surface area contributed by atoms with Gasteiger partial charge in [0.15, 0.2) is 0 Å². The molecule has 0 saturated heterocycles. The molecule has 2 rings (SSSR count). The van der Waals surface area contributed by atoms with Gasteiger partial charge in [-0.3, -0.25) is 0 Å². The van der Waals surface area contributed by atoms with Gasteiger partial charge in [-0.2, -0.15) is 0 Å². The highest BCUT2D eigenvalue weighted by Gasteiger charge is 2.18. The molecule has 4 heteroatoms. The average molecular weight is 287 g/mol. The molecule has 0 aliphatic heterocycles. The van der Waals surface area contributed by atoms with Crippen LogP contribution < -0.4 is 4.90 Å². The summed E-state index contributed by atoms with van der Waals surface area (Å²) in [6.07, 6.45) is 0. The molecule has 0 saturated carbocycles. The minimum atomic E-state index is -0.890. The van der Waals surface area contributed by atoms with E-state index < -0.39 is 5.97 Å². The number of rotatable bonds is 5. The number of carboxylic acid groups (broad SMARTS) is 1. The SMILES string of the molecule is CCSc1cccc(N(C)c2ccccc2)c1C(=O)O. The van der Waals surface area contributed by atoms with E-state index in [1.807, 2.05) is 67.4 Å². The van der Waals surface area contributed by atoms with Crippen molar-refractivity contribution >= 4 is 29.1 Å². The van der Waals surface area contributed by atoms with E-state index in [0.29, 0.717) is 11.3 Å². The standard InChI is InChI=1S/C16H17NO2S/c1-3-20-14-11-7-10-13(15(14)16(18)19)17(2)12-8-5-4-6-9-12/h4-11H,3H2,1-2H3,(H,18,19). The molecular weight excluding hydrogens is 270 g/mol. The van der Waals surface area contributed by atoms with Crippen LogP contribution in [0.1, 0.15) is 17.3 Å². The van der Waals surface area contributed by atoms with Crippen molar-refractivity contribution in [3.63, 3.8) is 0 Å². The first-order valence-corrected chi connectivity index (χ1v) is 7.41. The Hall–Kier alpha value is -1.94. The molecule has 1 N–H and O–H groups in total. The molecule has 0 aliphatic carbocycles. The number of carbonyl (C=O) groups is 1. The van der Waals surface area contributed by atoms with Crippen LogP contribution in [-0.2, 0) is 0 Å². The number of hydrogen-bond acceptors (Lipinski definition) is 3. The van der Waals surface area contributed by atoms with Gasteiger partial charge in [0.2, 0.25) is 0 Å². The number of thioether (sulfide) groups is 1. The highest BCUT2D eigenvalue weighted by Crippen LogP contribution is 2.33. The predicted octanol–water partition coefficient (Wildman–Crippen LogP) is 4.26. The largest absolute Gasteiger partial charge is 0.478 e. The number of aromatic carboxylic acids is 1. The summed E-state index contributed by atoms with van der Waals surface area (Å²) >= 11 is 1.55. The van der Waals surface area contributed by atoms with Crippen molar-refractivity contribution in [1.82, 2.24) is 0 Å². The first-order chi connectivity index (χ1) is 9.65. The van der Waals surface area contributed by atoms with Crippen LogP contribution in [0.3, 0.4) is 0 Å². The molecule has 0 fully saturated rings. The number of nitrogens with zero attached hydrogens (tertiary/aromatic N) is 1. The summed E-state index contributed by atoms with van der Waals surface area (Å²) in [5.41, 5.74) is 2.04. The lowest BCUT2D eigenvalue weighted by molar-refractivity contribution is 0.0694. The van der Waals surface area contributed by atoms with Gasteiger partial charge < -0.3 is 10.0 Å². The molecule has 0 spiro atoms. The van der Waals surface area contributed by atoms with E-state index in [2.05, 4.69) is 0 Å². The molecular formula is C16H17NO2S. The fourth-order valence-electron chi connectivity index (χ4n) is 2.08. The summed E-state index contributed by atoms with van der Waals surface area (Å²) in [4.78, 5) is 14.3. The fourth-order valence-corrected chi connectivity index (χ4v) is 2.90. The zero-order valence-corrected chi connectivity index (χ0v) is 12.4. The molecule has 0 aliphatic rings. The van der Waals surface area contributed by atoms with Crippen LogP contribution in [0.5, 0.6) is 0 Å².